The topological polar surface area (TPSA) is 25.2 Å². The summed E-state index contributed by atoms with van der Waals surface area (Å²) in [4.78, 5) is 12.3. The number of benzene rings is 2. The first kappa shape index (κ1) is 15.1. The van der Waals surface area contributed by atoms with Gasteiger partial charge in [0.05, 0.1) is 11.0 Å². The molecule has 0 spiro atoms. The minimum atomic E-state index is 0.208. The van der Waals surface area contributed by atoms with Crippen LogP contribution in [-0.4, -0.2) is 21.9 Å². The van der Waals surface area contributed by atoms with Crippen LogP contribution in [0.25, 0.3) is 28.0 Å². The minimum absolute atomic E-state index is 0.208. The molecule has 1 saturated heterocycles. The summed E-state index contributed by atoms with van der Waals surface area (Å²) in [5.74, 6) is 0.208. The maximum absolute atomic E-state index is 10.7. The number of para-hydroxylation sites is 2. The van der Waals surface area contributed by atoms with Crippen molar-refractivity contribution in [2.75, 3.05) is 6.54 Å². The molecule has 3 heteroatoms. The number of rotatable bonds is 2. The number of hydrogen-bond donors (Lipinski definition) is 0. The van der Waals surface area contributed by atoms with Gasteiger partial charge in [-0.2, -0.15) is 0 Å². The molecule has 1 aromatic heterocycles. The van der Waals surface area contributed by atoms with Gasteiger partial charge in [0.25, 0.3) is 0 Å². The lowest BCUT2D eigenvalue weighted by molar-refractivity contribution is -0.125. The predicted octanol–water partition coefficient (Wildman–Crippen LogP) is 4.65. The van der Waals surface area contributed by atoms with Crippen LogP contribution >= 0.6 is 0 Å². The van der Waals surface area contributed by atoms with Crippen molar-refractivity contribution in [1.82, 2.24) is 9.47 Å². The van der Waals surface area contributed by atoms with Gasteiger partial charge in [-0.3, -0.25) is 4.79 Å². The molecule has 0 saturated carbocycles. The van der Waals surface area contributed by atoms with Gasteiger partial charge in [0.2, 0.25) is 5.91 Å². The van der Waals surface area contributed by atoms with Crippen molar-refractivity contribution in [2.24, 2.45) is 0 Å². The Hall–Kier alpha value is -2.81. The largest absolute Gasteiger partial charge is 0.320 e. The lowest BCUT2D eigenvalue weighted by Crippen LogP contribution is -2.16. The van der Waals surface area contributed by atoms with Gasteiger partial charge in [-0.1, -0.05) is 49.6 Å². The molecule has 3 aromatic rings. The number of amides is 1. The van der Waals surface area contributed by atoms with Gasteiger partial charge < -0.3 is 9.47 Å². The fourth-order valence-electron chi connectivity index (χ4n) is 3.01. The van der Waals surface area contributed by atoms with Crippen molar-refractivity contribution >= 4 is 33.9 Å². The standard InChI is InChI=1S/C14H11N.C6H9NO/c1-2-15-13-9-5-3-7-11(13)12-8-4-6-10-14(12)15;1-2-7-5-3-4-6(7)8/h2-10H,1H2;2H,1,3-5H2. The van der Waals surface area contributed by atoms with Crippen molar-refractivity contribution in [3.8, 4) is 0 Å². The van der Waals surface area contributed by atoms with E-state index < -0.39 is 0 Å². The second-order valence-electron chi connectivity index (χ2n) is 5.46. The normalized spacial score (nSPS) is 13.9. The van der Waals surface area contributed by atoms with Crippen LogP contribution in [0.2, 0.25) is 0 Å². The first-order valence-corrected chi connectivity index (χ1v) is 7.78. The van der Waals surface area contributed by atoms with E-state index in [0.29, 0.717) is 6.42 Å². The highest BCUT2D eigenvalue weighted by Gasteiger charge is 2.16. The smallest absolute Gasteiger partial charge is 0.226 e. The maximum Gasteiger partial charge on any atom is 0.226 e. The van der Waals surface area contributed by atoms with Crippen molar-refractivity contribution in [3.05, 3.63) is 67.9 Å². The summed E-state index contributed by atoms with van der Waals surface area (Å²) in [6, 6.07) is 16.8. The van der Waals surface area contributed by atoms with E-state index in [2.05, 4.69) is 66.3 Å². The van der Waals surface area contributed by atoms with E-state index in [0.717, 1.165) is 13.0 Å². The Morgan fingerprint density at radius 1 is 0.870 bits per heavy atom. The van der Waals surface area contributed by atoms with Crippen LogP contribution < -0.4 is 0 Å². The number of aromatic nitrogens is 1. The molecule has 1 aliphatic heterocycles. The molecular weight excluding hydrogens is 284 g/mol. The highest BCUT2D eigenvalue weighted by molar-refractivity contribution is 6.09. The Morgan fingerprint density at radius 3 is 1.83 bits per heavy atom. The molecule has 1 fully saturated rings. The van der Waals surface area contributed by atoms with Gasteiger partial charge >= 0.3 is 0 Å². The Bertz CT molecular complexity index is 822. The molecule has 1 aliphatic rings. The highest BCUT2D eigenvalue weighted by Crippen LogP contribution is 2.28. The van der Waals surface area contributed by atoms with Crippen LogP contribution in [0.1, 0.15) is 12.8 Å². The van der Waals surface area contributed by atoms with E-state index in [1.807, 2.05) is 6.20 Å². The van der Waals surface area contributed by atoms with Crippen LogP contribution in [0, 0.1) is 0 Å². The van der Waals surface area contributed by atoms with E-state index in [9.17, 15) is 4.79 Å². The van der Waals surface area contributed by atoms with E-state index in [1.165, 1.54) is 21.8 Å². The average Bonchev–Trinajstić information content (AvgIpc) is 3.16. The van der Waals surface area contributed by atoms with Crippen LogP contribution in [-0.2, 0) is 4.79 Å². The second kappa shape index (κ2) is 6.53. The monoisotopic (exact) mass is 304 g/mol. The zero-order valence-electron chi connectivity index (χ0n) is 13.1. The van der Waals surface area contributed by atoms with Gasteiger partial charge in [-0.15, -0.1) is 0 Å². The van der Waals surface area contributed by atoms with Crippen LogP contribution in [0.4, 0.5) is 0 Å². The Balaban J connectivity index is 0.000000166. The van der Waals surface area contributed by atoms with E-state index >= 15 is 0 Å². The lowest BCUT2D eigenvalue weighted by Gasteiger charge is -2.05. The first-order valence-electron chi connectivity index (χ1n) is 7.78. The molecule has 0 unspecified atom stereocenters. The molecule has 2 heterocycles. The van der Waals surface area contributed by atoms with Crippen LogP contribution in [0.15, 0.2) is 67.9 Å². The minimum Gasteiger partial charge on any atom is -0.320 e. The van der Waals surface area contributed by atoms with Gasteiger partial charge in [0.15, 0.2) is 0 Å². The average molecular weight is 304 g/mol. The summed E-state index contributed by atoms with van der Waals surface area (Å²) in [6.45, 7) is 8.23. The number of carbonyl (C=O) groups excluding carboxylic acids is 1. The summed E-state index contributed by atoms with van der Waals surface area (Å²) in [7, 11) is 0. The van der Waals surface area contributed by atoms with E-state index in [1.54, 1.807) is 11.1 Å². The molecule has 1 amide bonds. The molecule has 23 heavy (non-hydrogen) atoms. The lowest BCUT2D eigenvalue weighted by atomic mass is 10.2. The van der Waals surface area contributed by atoms with Crippen LogP contribution in [0.3, 0.4) is 0 Å². The maximum atomic E-state index is 10.7. The fraction of sp³-hybridized carbons (Fsp3) is 0.150. The van der Waals surface area contributed by atoms with Gasteiger partial charge in [-0.05, 0) is 24.8 Å². The van der Waals surface area contributed by atoms with Crippen LogP contribution in [0.5, 0.6) is 0 Å². The molecule has 0 atom stereocenters. The Labute approximate surface area is 136 Å². The number of likely N-dealkylation sites (tertiary alicyclic amines) is 1. The van der Waals surface area contributed by atoms with E-state index in [-0.39, 0.29) is 5.91 Å². The third-order valence-electron chi connectivity index (χ3n) is 4.13. The quantitative estimate of drug-likeness (QED) is 0.676. The number of carbonyl (C=O) groups is 1. The molecule has 0 bridgehead atoms. The van der Waals surface area contributed by atoms with Gasteiger partial charge in [0, 0.05) is 29.9 Å². The Morgan fingerprint density at radius 2 is 1.43 bits per heavy atom. The van der Waals surface area contributed by atoms with Gasteiger partial charge in [0.1, 0.15) is 0 Å². The van der Waals surface area contributed by atoms with Crippen molar-refractivity contribution in [1.29, 1.82) is 0 Å². The van der Waals surface area contributed by atoms with Gasteiger partial charge in [-0.25, -0.2) is 0 Å². The number of nitrogens with zero attached hydrogens (tertiary/aromatic N) is 2. The van der Waals surface area contributed by atoms with Crippen molar-refractivity contribution in [2.45, 2.75) is 12.8 Å². The first-order chi connectivity index (χ1) is 11.3. The summed E-state index contributed by atoms with van der Waals surface area (Å²) >= 11 is 0. The summed E-state index contributed by atoms with van der Waals surface area (Å²) in [6.07, 6.45) is 5.15. The predicted molar refractivity (Wildman–Crippen MR) is 97.0 cm³/mol. The third-order valence-corrected chi connectivity index (χ3v) is 4.13. The molecule has 2 aromatic carbocycles. The molecular formula is C20H20N2O. The third kappa shape index (κ3) is 2.78. The highest BCUT2D eigenvalue weighted by atomic mass is 16.2. The molecule has 116 valence electrons. The molecule has 0 radical (unpaired) electrons. The SMILES string of the molecule is C=CN1CCCC1=O.C=Cn1c2ccccc2c2ccccc21. The van der Waals surface area contributed by atoms with Crippen molar-refractivity contribution in [3.63, 3.8) is 0 Å². The van der Waals surface area contributed by atoms with E-state index in [4.69, 9.17) is 0 Å². The Kier molecular flexibility index (Phi) is 4.29. The molecule has 3 nitrogen and oxygen atoms in total. The molecule has 0 aliphatic carbocycles. The fourth-order valence-corrected chi connectivity index (χ4v) is 3.01. The number of fused-ring (bicyclic) bond motifs is 3. The number of hydrogen-bond acceptors (Lipinski definition) is 1. The summed E-state index contributed by atoms with van der Waals surface area (Å²) in [5.41, 5.74) is 2.43. The molecule has 4 rings (SSSR count). The van der Waals surface area contributed by atoms with Crippen molar-refractivity contribution < 1.29 is 4.79 Å². The second-order valence-corrected chi connectivity index (χ2v) is 5.46. The summed E-state index contributed by atoms with van der Waals surface area (Å²) < 4.78 is 2.13. The molecule has 0 N–H and O–H groups in total. The zero-order chi connectivity index (χ0) is 16.2. The zero-order valence-corrected chi connectivity index (χ0v) is 13.1. The summed E-state index contributed by atoms with van der Waals surface area (Å²) in [5, 5.41) is 2.57.